The molecule has 3 rings (SSSR count). The van der Waals surface area contributed by atoms with Crippen LogP contribution in [0.1, 0.15) is 31.4 Å². The van der Waals surface area contributed by atoms with E-state index >= 15 is 0 Å². The Hall–Kier alpha value is -1.58. The third-order valence-corrected chi connectivity index (χ3v) is 4.81. The van der Waals surface area contributed by atoms with E-state index in [-0.39, 0.29) is 6.04 Å². The number of nitrogens with zero attached hydrogens (tertiary/aromatic N) is 1. The van der Waals surface area contributed by atoms with Crippen molar-refractivity contribution in [3.8, 4) is 5.75 Å². The van der Waals surface area contributed by atoms with Gasteiger partial charge in [0, 0.05) is 23.5 Å². The molecule has 0 saturated carbocycles. The molecule has 3 heteroatoms. The monoisotopic (exact) mass is 284 g/mol. The van der Waals surface area contributed by atoms with Crippen LogP contribution in [-0.4, -0.2) is 29.6 Å². The predicted octanol–water partition coefficient (Wildman–Crippen LogP) is 3.28. The standard InChI is InChI=1S/C18H24N2O/c1-13(20-10-4-5-14(11-19)12-20)16-9-8-15-6-2-3-7-17(15)18(16)21/h2-3,6-9,13-14,21H,4-5,10-12,19H2,1H3. The van der Waals surface area contributed by atoms with Crippen molar-refractivity contribution in [2.45, 2.75) is 25.8 Å². The van der Waals surface area contributed by atoms with Crippen molar-refractivity contribution >= 4 is 10.8 Å². The van der Waals surface area contributed by atoms with Crippen molar-refractivity contribution < 1.29 is 5.11 Å². The van der Waals surface area contributed by atoms with Gasteiger partial charge in [0.2, 0.25) is 0 Å². The fraction of sp³-hybridized carbons (Fsp3) is 0.444. The van der Waals surface area contributed by atoms with Gasteiger partial charge in [0.15, 0.2) is 0 Å². The molecule has 2 aromatic carbocycles. The lowest BCUT2D eigenvalue weighted by Gasteiger charge is -2.37. The van der Waals surface area contributed by atoms with E-state index in [2.05, 4.69) is 24.0 Å². The number of likely N-dealkylation sites (tertiary alicyclic amines) is 1. The summed E-state index contributed by atoms with van der Waals surface area (Å²) in [5.41, 5.74) is 6.85. The normalized spacial score (nSPS) is 21.5. The Bertz CT molecular complexity index is 626. The van der Waals surface area contributed by atoms with Crippen LogP contribution in [0.4, 0.5) is 0 Å². The molecule has 0 spiro atoms. The first-order chi connectivity index (χ1) is 10.2. The second-order valence-corrected chi connectivity index (χ2v) is 6.14. The smallest absolute Gasteiger partial charge is 0.128 e. The number of phenols is 1. The van der Waals surface area contributed by atoms with Gasteiger partial charge < -0.3 is 10.8 Å². The number of rotatable bonds is 3. The zero-order valence-corrected chi connectivity index (χ0v) is 12.6. The topological polar surface area (TPSA) is 49.5 Å². The van der Waals surface area contributed by atoms with Crippen LogP contribution in [0.2, 0.25) is 0 Å². The van der Waals surface area contributed by atoms with E-state index in [4.69, 9.17) is 5.73 Å². The molecule has 0 radical (unpaired) electrons. The Labute approximate surface area is 126 Å². The van der Waals surface area contributed by atoms with Gasteiger partial charge in [-0.3, -0.25) is 4.90 Å². The number of hydrogen-bond acceptors (Lipinski definition) is 3. The largest absolute Gasteiger partial charge is 0.507 e. The van der Waals surface area contributed by atoms with Crippen molar-refractivity contribution in [3.05, 3.63) is 42.0 Å². The number of hydrogen-bond donors (Lipinski definition) is 2. The first-order valence-corrected chi connectivity index (χ1v) is 7.85. The summed E-state index contributed by atoms with van der Waals surface area (Å²) in [6.45, 7) is 5.06. The summed E-state index contributed by atoms with van der Waals surface area (Å²) in [5, 5.41) is 12.6. The molecule has 2 atom stereocenters. The predicted molar refractivity (Wildman–Crippen MR) is 87.4 cm³/mol. The zero-order valence-electron chi connectivity index (χ0n) is 12.6. The van der Waals surface area contributed by atoms with E-state index in [1.807, 2.05) is 24.3 Å². The van der Waals surface area contributed by atoms with Gasteiger partial charge in [0.1, 0.15) is 5.75 Å². The van der Waals surface area contributed by atoms with Crippen molar-refractivity contribution in [2.24, 2.45) is 11.7 Å². The maximum atomic E-state index is 10.6. The van der Waals surface area contributed by atoms with Crippen LogP contribution in [0.25, 0.3) is 10.8 Å². The molecule has 0 aromatic heterocycles. The van der Waals surface area contributed by atoms with Crippen LogP contribution in [0.15, 0.2) is 36.4 Å². The lowest BCUT2D eigenvalue weighted by Crippen LogP contribution is -2.39. The van der Waals surface area contributed by atoms with Gasteiger partial charge >= 0.3 is 0 Å². The molecule has 21 heavy (non-hydrogen) atoms. The first kappa shape index (κ1) is 14.4. The summed E-state index contributed by atoms with van der Waals surface area (Å²) < 4.78 is 0. The molecule has 1 saturated heterocycles. The Balaban J connectivity index is 1.90. The number of piperidine rings is 1. The minimum Gasteiger partial charge on any atom is -0.507 e. The third-order valence-electron chi connectivity index (χ3n) is 4.81. The molecule has 1 aliphatic rings. The second kappa shape index (κ2) is 6.04. The molecule has 3 nitrogen and oxygen atoms in total. The summed E-state index contributed by atoms with van der Waals surface area (Å²) in [7, 11) is 0. The second-order valence-electron chi connectivity index (χ2n) is 6.14. The lowest BCUT2D eigenvalue weighted by molar-refractivity contribution is 0.133. The molecule has 0 amide bonds. The Morgan fingerprint density at radius 2 is 2.10 bits per heavy atom. The van der Waals surface area contributed by atoms with Crippen molar-refractivity contribution in [1.82, 2.24) is 4.90 Å². The summed E-state index contributed by atoms with van der Waals surface area (Å²) >= 11 is 0. The Kier molecular flexibility index (Phi) is 4.13. The molecule has 1 heterocycles. The van der Waals surface area contributed by atoms with Crippen LogP contribution in [0, 0.1) is 5.92 Å². The summed E-state index contributed by atoms with van der Waals surface area (Å²) in [6, 6.07) is 12.4. The van der Waals surface area contributed by atoms with Gasteiger partial charge in [0.05, 0.1) is 0 Å². The Morgan fingerprint density at radius 1 is 1.29 bits per heavy atom. The SMILES string of the molecule is CC(c1ccc2ccccc2c1O)N1CCCC(CN)C1. The summed E-state index contributed by atoms with van der Waals surface area (Å²) in [4.78, 5) is 2.45. The van der Waals surface area contributed by atoms with Gasteiger partial charge in [-0.2, -0.15) is 0 Å². The highest BCUT2D eigenvalue weighted by Crippen LogP contribution is 2.36. The fourth-order valence-corrected chi connectivity index (χ4v) is 3.45. The van der Waals surface area contributed by atoms with E-state index < -0.39 is 0 Å². The van der Waals surface area contributed by atoms with Gasteiger partial charge in [-0.05, 0) is 44.2 Å². The molecule has 2 aromatic rings. The number of aromatic hydroxyl groups is 1. The Morgan fingerprint density at radius 3 is 2.90 bits per heavy atom. The fourth-order valence-electron chi connectivity index (χ4n) is 3.45. The maximum absolute atomic E-state index is 10.6. The van der Waals surface area contributed by atoms with Crippen molar-refractivity contribution in [1.29, 1.82) is 0 Å². The van der Waals surface area contributed by atoms with Gasteiger partial charge in [-0.15, -0.1) is 0 Å². The van der Waals surface area contributed by atoms with Crippen molar-refractivity contribution in [3.63, 3.8) is 0 Å². The minimum atomic E-state index is 0.226. The van der Waals surface area contributed by atoms with E-state index in [0.717, 1.165) is 36.0 Å². The van der Waals surface area contributed by atoms with Crippen LogP contribution >= 0.6 is 0 Å². The molecular weight excluding hydrogens is 260 g/mol. The van der Waals surface area contributed by atoms with E-state index in [0.29, 0.717) is 11.7 Å². The zero-order chi connectivity index (χ0) is 14.8. The average molecular weight is 284 g/mol. The van der Waals surface area contributed by atoms with Crippen LogP contribution in [0.5, 0.6) is 5.75 Å². The van der Waals surface area contributed by atoms with E-state index in [9.17, 15) is 5.11 Å². The highest BCUT2D eigenvalue weighted by atomic mass is 16.3. The van der Waals surface area contributed by atoms with E-state index in [1.165, 1.54) is 12.8 Å². The summed E-state index contributed by atoms with van der Waals surface area (Å²) in [5.74, 6) is 1.01. The van der Waals surface area contributed by atoms with Gasteiger partial charge in [-0.25, -0.2) is 0 Å². The van der Waals surface area contributed by atoms with Crippen molar-refractivity contribution in [2.75, 3.05) is 19.6 Å². The molecule has 3 N–H and O–H groups in total. The molecule has 2 unspecified atom stereocenters. The molecule has 112 valence electrons. The van der Waals surface area contributed by atoms with Crippen LogP contribution in [-0.2, 0) is 0 Å². The van der Waals surface area contributed by atoms with Crippen LogP contribution < -0.4 is 5.73 Å². The highest BCUT2D eigenvalue weighted by molar-refractivity contribution is 5.89. The number of fused-ring (bicyclic) bond motifs is 1. The molecule has 1 aliphatic heterocycles. The molecule has 0 bridgehead atoms. The molecule has 0 aliphatic carbocycles. The average Bonchev–Trinajstić information content (AvgIpc) is 2.55. The lowest BCUT2D eigenvalue weighted by atomic mass is 9.94. The number of phenolic OH excluding ortho intramolecular Hbond substituents is 1. The first-order valence-electron chi connectivity index (χ1n) is 7.85. The summed E-state index contributed by atoms with van der Waals surface area (Å²) in [6.07, 6.45) is 2.42. The maximum Gasteiger partial charge on any atom is 0.128 e. The quantitative estimate of drug-likeness (QED) is 0.909. The van der Waals surface area contributed by atoms with E-state index in [1.54, 1.807) is 0 Å². The number of benzene rings is 2. The van der Waals surface area contributed by atoms with Gasteiger partial charge in [0.25, 0.3) is 0 Å². The third kappa shape index (κ3) is 2.76. The highest BCUT2D eigenvalue weighted by Gasteiger charge is 2.25. The molecular formula is C18H24N2O. The van der Waals surface area contributed by atoms with Gasteiger partial charge in [-0.1, -0.05) is 36.4 Å². The molecule has 1 fully saturated rings. The number of nitrogens with two attached hydrogens (primary N) is 1. The minimum absolute atomic E-state index is 0.226. The van der Waals surface area contributed by atoms with Crippen LogP contribution in [0.3, 0.4) is 0 Å².